The number of benzene rings is 5. The Balaban J connectivity index is 0.863. The first-order valence-corrected chi connectivity index (χ1v) is 21.8. The Kier molecular flexibility index (Phi) is 12.8. The number of hydrogen-bond acceptors (Lipinski definition) is 7. The van der Waals surface area contributed by atoms with Crippen LogP contribution in [0.4, 0.5) is 28.4 Å². The molecule has 0 radical (unpaired) electrons. The molecule has 5 aromatic carbocycles. The molecule has 0 unspecified atom stereocenters. The van der Waals surface area contributed by atoms with E-state index < -0.39 is 0 Å². The van der Waals surface area contributed by atoms with Gasteiger partial charge in [0, 0.05) is 63.3 Å². The Morgan fingerprint density at radius 2 is 1.29 bits per heavy atom. The van der Waals surface area contributed by atoms with Crippen LogP contribution in [0.1, 0.15) is 68.6 Å². The molecule has 1 aliphatic rings. The molecule has 0 atom stereocenters. The Morgan fingerprint density at radius 3 is 2.00 bits per heavy atom. The molecule has 0 spiro atoms. The van der Waals surface area contributed by atoms with Crippen LogP contribution in [-0.4, -0.2) is 22.2 Å². The van der Waals surface area contributed by atoms with Crippen molar-refractivity contribution >= 4 is 79.7 Å². The summed E-state index contributed by atoms with van der Waals surface area (Å²) in [6.07, 6.45) is 13.0. The second-order valence-corrected chi connectivity index (χ2v) is 17.1. The lowest BCUT2D eigenvalue weighted by Crippen LogP contribution is -2.33. The number of fused-ring (bicyclic) bond motifs is 2. The first-order valence-electron chi connectivity index (χ1n) is 19.8. The number of allylic oxidation sites excluding steroid dienone is 3. The predicted octanol–water partition coefficient (Wildman–Crippen LogP) is 12.7. The molecule has 0 bridgehead atoms. The molecular formula is C48H53N6S2+. The van der Waals surface area contributed by atoms with E-state index in [-0.39, 0.29) is 0 Å². The summed E-state index contributed by atoms with van der Waals surface area (Å²) in [6.45, 7) is 8.50. The van der Waals surface area contributed by atoms with Crippen molar-refractivity contribution < 1.29 is 4.57 Å². The predicted molar refractivity (Wildman–Crippen MR) is 244 cm³/mol. The van der Waals surface area contributed by atoms with Crippen LogP contribution in [-0.2, 0) is 0 Å². The minimum absolute atomic E-state index is 0.763. The zero-order valence-electron chi connectivity index (χ0n) is 33.1. The molecule has 1 aliphatic carbocycles. The lowest BCUT2D eigenvalue weighted by Gasteiger charge is -2.16. The van der Waals surface area contributed by atoms with Crippen molar-refractivity contribution in [3.8, 4) is 5.69 Å². The molecular weight excluding hydrogens is 725 g/mol. The first-order chi connectivity index (χ1) is 27.2. The van der Waals surface area contributed by atoms with Crippen molar-refractivity contribution in [2.24, 2.45) is 4.99 Å². The zero-order valence-corrected chi connectivity index (χ0v) is 34.7. The molecule has 6 nitrogen and oxygen atoms in total. The lowest BCUT2D eigenvalue weighted by atomic mass is 10.1. The fraction of sp³-hybridized carbons (Fsp3) is 0.271. The monoisotopic (exact) mass is 777 g/mol. The van der Waals surface area contributed by atoms with Gasteiger partial charge in [0.1, 0.15) is 11.0 Å². The lowest BCUT2D eigenvalue weighted by molar-refractivity contribution is -0.538. The highest BCUT2D eigenvalue weighted by molar-refractivity contribution is 8.03. The second-order valence-electron chi connectivity index (χ2n) is 14.8. The highest BCUT2D eigenvalue weighted by Gasteiger charge is 2.22. The van der Waals surface area contributed by atoms with Crippen LogP contribution in [0.2, 0.25) is 0 Å². The Bertz CT molecular complexity index is 2440. The summed E-state index contributed by atoms with van der Waals surface area (Å²) in [7, 11) is 0. The molecule has 6 aromatic rings. The van der Waals surface area contributed by atoms with E-state index in [0.717, 1.165) is 91.0 Å². The highest BCUT2D eigenvalue weighted by Crippen LogP contribution is 2.35. The van der Waals surface area contributed by atoms with E-state index in [0.29, 0.717) is 0 Å². The van der Waals surface area contributed by atoms with Crippen molar-refractivity contribution in [3.63, 3.8) is 0 Å². The molecule has 8 heteroatoms. The summed E-state index contributed by atoms with van der Waals surface area (Å²) in [5.74, 6) is 2.27. The van der Waals surface area contributed by atoms with Crippen molar-refractivity contribution in [2.45, 2.75) is 77.5 Å². The molecule has 7 rings (SSSR count). The van der Waals surface area contributed by atoms with E-state index >= 15 is 0 Å². The minimum Gasteiger partial charge on any atom is -0.398 e. The maximum Gasteiger partial charge on any atom is 0.239 e. The summed E-state index contributed by atoms with van der Waals surface area (Å²) in [5.41, 5.74) is 28.0. The highest BCUT2D eigenvalue weighted by atomic mass is 32.2. The van der Waals surface area contributed by atoms with Crippen molar-refractivity contribution in [1.29, 1.82) is 0 Å². The van der Waals surface area contributed by atoms with Gasteiger partial charge >= 0.3 is 0 Å². The largest absolute Gasteiger partial charge is 0.398 e. The van der Waals surface area contributed by atoms with E-state index in [2.05, 4.69) is 109 Å². The van der Waals surface area contributed by atoms with E-state index in [1.165, 1.54) is 59.5 Å². The fourth-order valence-electron chi connectivity index (χ4n) is 7.17. The first kappa shape index (κ1) is 39.2. The number of aryl methyl sites for hydroxylation is 3. The van der Waals surface area contributed by atoms with Gasteiger partial charge in [-0.3, -0.25) is 4.99 Å². The van der Waals surface area contributed by atoms with Crippen LogP contribution in [0.15, 0.2) is 130 Å². The molecule has 0 fully saturated rings. The fourth-order valence-corrected chi connectivity index (χ4v) is 9.27. The number of thioether (sulfide) groups is 2. The molecule has 1 heterocycles. The Hall–Kier alpha value is -5.05. The number of para-hydroxylation sites is 2. The van der Waals surface area contributed by atoms with Gasteiger partial charge in [-0.1, -0.05) is 68.2 Å². The van der Waals surface area contributed by atoms with Gasteiger partial charge in [-0.05, 0) is 117 Å². The van der Waals surface area contributed by atoms with E-state index in [1.54, 1.807) is 0 Å². The molecule has 0 saturated heterocycles. The average Bonchev–Trinajstić information content (AvgIpc) is 3.19. The van der Waals surface area contributed by atoms with E-state index in [4.69, 9.17) is 21.4 Å². The van der Waals surface area contributed by atoms with Crippen LogP contribution < -0.4 is 21.4 Å². The number of unbranched alkanes of at least 4 members (excludes halogenated alkanes) is 5. The van der Waals surface area contributed by atoms with Crippen molar-refractivity contribution in [2.75, 3.05) is 28.3 Å². The van der Waals surface area contributed by atoms with Gasteiger partial charge in [-0.2, -0.15) is 0 Å². The average molecular weight is 778 g/mol. The van der Waals surface area contributed by atoms with Crippen LogP contribution in [0.25, 0.3) is 27.8 Å². The summed E-state index contributed by atoms with van der Waals surface area (Å²) < 4.78 is 2.31. The molecule has 0 amide bonds. The third kappa shape index (κ3) is 9.48. The third-order valence-electron chi connectivity index (χ3n) is 10.4. The maximum absolute atomic E-state index is 6.40. The van der Waals surface area contributed by atoms with Crippen LogP contribution >= 0.6 is 23.5 Å². The number of aromatic nitrogens is 2. The number of nitrogen functional groups attached to an aromatic ring is 2. The topological polar surface area (TPSA) is 93.2 Å². The van der Waals surface area contributed by atoms with Gasteiger partial charge in [0.15, 0.2) is 0 Å². The van der Waals surface area contributed by atoms with Crippen LogP contribution in [0.3, 0.4) is 0 Å². The van der Waals surface area contributed by atoms with E-state index in [1.807, 2.05) is 61.6 Å². The molecule has 1 aromatic heterocycles. The number of anilines is 4. The minimum atomic E-state index is 0.763. The molecule has 0 aliphatic heterocycles. The molecule has 56 heavy (non-hydrogen) atoms. The van der Waals surface area contributed by atoms with Crippen molar-refractivity contribution in [3.05, 3.63) is 136 Å². The molecule has 286 valence electrons. The normalized spacial score (nSPS) is 13.7. The summed E-state index contributed by atoms with van der Waals surface area (Å²) >= 11 is 3.96. The van der Waals surface area contributed by atoms with Gasteiger partial charge < -0.3 is 16.8 Å². The number of nitrogens with two attached hydrogens (primary N) is 2. The van der Waals surface area contributed by atoms with Crippen LogP contribution in [0.5, 0.6) is 0 Å². The zero-order chi connectivity index (χ0) is 39.0. The quantitative estimate of drug-likeness (QED) is 0.0316. The number of nitrogens with one attached hydrogen (secondary N) is 1. The Morgan fingerprint density at radius 1 is 0.679 bits per heavy atom. The van der Waals surface area contributed by atoms with E-state index in [9.17, 15) is 0 Å². The summed E-state index contributed by atoms with van der Waals surface area (Å²) in [6, 6.07) is 33.5. The van der Waals surface area contributed by atoms with Gasteiger partial charge in [-0.25, -0.2) is 4.98 Å². The van der Waals surface area contributed by atoms with Gasteiger partial charge in [0.2, 0.25) is 16.7 Å². The summed E-state index contributed by atoms with van der Waals surface area (Å²) in [5, 5.41) is 3.50. The van der Waals surface area contributed by atoms with Gasteiger partial charge in [0.25, 0.3) is 0 Å². The standard InChI is InChI=1S/C48H52N6S2/c1-32-26-41(42(29-39(32)49)51-36-17-11-9-12-18-36)52-37-21-22-47(34(3)25-37)55-23-15-7-5-6-8-16-24-56-48-31-46-44(28-35(48)4)53-43-27-33(2)40(50)30-45(43)54(46)38-19-13-10-14-20-38/h9-14,17-20,22,25-31,50-51H,5-8,15-16,21,23-24,49H2,1-4H3/p+1. The summed E-state index contributed by atoms with van der Waals surface area (Å²) in [4.78, 5) is 12.9. The second kappa shape index (κ2) is 18.3. The molecule has 5 N–H and O–H groups in total. The molecule has 0 saturated carbocycles. The maximum atomic E-state index is 6.40. The third-order valence-corrected chi connectivity index (χ3v) is 12.9. The smallest absolute Gasteiger partial charge is 0.239 e. The van der Waals surface area contributed by atoms with Crippen molar-refractivity contribution in [1.82, 2.24) is 4.98 Å². The van der Waals surface area contributed by atoms with Crippen LogP contribution in [0, 0.1) is 20.8 Å². The SMILES string of the molecule is CC1=CC(=Nc2cc(C)c(N)cc2Nc2ccccc2)CC=C1SCCCCCCCCSc1cc2c(cc1C)nc1cc(C)c(N)cc1[n+]2-c1ccccc1. The number of nitrogens with zero attached hydrogens (tertiary/aromatic N) is 3. The number of rotatable bonds is 15. The van der Waals surface area contributed by atoms with Gasteiger partial charge in [-0.15, -0.1) is 28.1 Å². The number of hydrogen-bond donors (Lipinski definition) is 3. The Labute approximate surface area is 340 Å². The van der Waals surface area contributed by atoms with Gasteiger partial charge in [0.05, 0.1) is 11.4 Å². The number of aliphatic imine (C=N–C) groups is 1.